The highest BCUT2D eigenvalue weighted by atomic mass is 32.2. The zero-order valence-corrected chi connectivity index (χ0v) is 25.6. The molecule has 1 saturated heterocycles. The number of benzene rings is 3. The molecule has 0 aliphatic carbocycles. The molecule has 43 heavy (non-hydrogen) atoms. The highest BCUT2D eigenvalue weighted by Crippen LogP contribution is 2.38. The molecule has 2 aromatic heterocycles. The van der Waals surface area contributed by atoms with Crippen molar-refractivity contribution in [1.82, 2.24) is 19.9 Å². The fourth-order valence-electron chi connectivity index (χ4n) is 5.15. The van der Waals surface area contributed by atoms with Gasteiger partial charge in [-0.1, -0.05) is 17.7 Å². The number of sulfonamides is 1. The van der Waals surface area contributed by atoms with E-state index < -0.39 is 10.0 Å². The Morgan fingerprint density at radius 1 is 0.907 bits per heavy atom. The summed E-state index contributed by atoms with van der Waals surface area (Å²) in [6, 6.07) is 17.6. The molecule has 3 N–H and O–H groups in total. The maximum Gasteiger partial charge on any atom is 0.261 e. The number of aromatic nitrogens is 3. The van der Waals surface area contributed by atoms with Crippen LogP contribution < -0.4 is 24.4 Å². The van der Waals surface area contributed by atoms with Crippen LogP contribution in [0.1, 0.15) is 5.56 Å². The first-order valence-electron chi connectivity index (χ1n) is 13.6. The molecular formula is C30H31N7O4S2. The normalized spacial score (nSPS) is 13.7. The van der Waals surface area contributed by atoms with E-state index in [0.717, 1.165) is 33.3 Å². The van der Waals surface area contributed by atoms with E-state index in [1.54, 1.807) is 56.9 Å². The second-order valence-corrected chi connectivity index (χ2v) is 12.3. The standard InChI is InChI=1S/C30H31N7O4S2/c1-19-4-6-21(7-5-19)35-43(38,39)22-10-8-20(9-11-22)33-30(42)37-14-12-36(13-15-37)29-27-23-16-25(40-2)26(41-3)17-24(23)34-28(27)31-18-32-29/h4-11,16-18,35H,12-15H2,1-3H3,(H,33,42)(H,31,32,34). The van der Waals surface area contributed by atoms with E-state index in [1.165, 1.54) is 0 Å². The number of ether oxygens (including phenoxy) is 2. The average Bonchev–Trinajstić information content (AvgIpc) is 3.39. The Kier molecular flexibility index (Phi) is 7.67. The third-order valence-corrected chi connectivity index (χ3v) is 9.22. The largest absolute Gasteiger partial charge is 0.493 e. The first kappa shape index (κ1) is 28.5. The minimum absolute atomic E-state index is 0.169. The summed E-state index contributed by atoms with van der Waals surface area (Å²) in [4.78, 5) is 17.0. The number of hydrogen-bond acceptors (Lipinski definition) is 8. The van der Waals surface area contributed by atoms with E-state index in [-0.39, 0.29) is 4.90 Å². The molecule has 1 aliphatic rings. The maximum atomic E-state index is 12.8. The Hall–Kier alpha value is -4.62. The van der Waals surface area contributed by atoms with Crippen LogP contribution >= 0.6 is 12.2 Å². The number of thiocarbonyl (C=S) groups is 1. The number of H-pyrrole nitrogens is 1. The topological polar surface area (TPSA) is 125 Å². The molecule has 0 amide bonds. The van der Waals surface area contributed by atoms with Gasteiger partial charge in [0.25, 0.3) is 10.0 Å². The highest BCUT2D eigenvalue weighted by molar-refractivity contribution is 7.92. The van der Waals surface area contributed by atoms with Crippen molar-refractivity contribution in [3.05, 3.63) is 72.6 Å². The van der Waals surface area contributed by atoms with Crippen LogP contribution in [0.4, 0.5) is 17.2 Å². The molecule has 3 aromatic carbocycles. The van der Waals surface area contributed by atoms with Crippen LogP contribution in [0.5, 0.6) is 11.5 Å². The lowest BCUT2D eigenvalue weighted by Gasteiger charge is -2.37. The second kappa shape index (κ2) is 11.6. The van der Waals surface area contributed by atoms with Crippen molar-refractivity contribution in [1.29, 1.82) is 0 Å². The van der Waals surface area contributed by atoms with E-state index in [2.05, 4.69) is 34.8 Å². The van der Waals surface area contributed by atoms with Gasteiger partial charge < -0.3 is 29.6 Å². The number of rotatable bonds is 7. The molecule has 1 fully saturated rings. The number of methoxy groups -OCH3 is 2. The van der Waals surface area contributed by atoms with Crippen molar-refractivity contribution in [2.45, 2.75) is 11.8 Å². The number of anilines is 3. The number of nitrogens with one attached hydrogen (secondary N) is 3. The number of piperazine rings is 1. The molecular weight excluding hydrogens is 587 g/mol. The SMILES string of the molecule is COc1cc2[nH]c3ncnc(N4CCN(C(=S)Nc5ccc(S(=O)(=O)Nc6ccc(C)cc6)cc5)CC4)c3c2cc1OC. The fraction of sp³-hybridized carbons (Fsp3) is 0.233. The molecule has 0 radical (unpaired) electrons. The Bertz CT molecular complexity index is 1900. The van der Waals surface area contributed by atoms with E-state index >= 15 is 0 Å². The van der Waals surface area contributed by atoms with Crippen LogP contribution in [0.15, 0.2) is 71.9 Å². The summed E-state index contributed by atoms with van der Waals surface area (Å²) in [5.41, 5.74) is 3.92. The second-order valence-electron chi connectivity index (χ2n) is 10.2. The number of fused-ring (bicyclic) bond motifs is 3. The van der Waals surface area contributed by atoms with E-state index in [1.807, 2.05) is 31.2 Å². The van der Waals surface area contributed by atoms with Gasteiger partial charge in [0.05, 0.1) is 30.0 Å². The van der Waals surface area contributed by atoms with E-state index in [0.29, 0.717) is 54.2 Å². The first-order valence-corrected chi connectivity index (χ1v) is 15.5. The average molecular weight is 618 g/mol. The van der Waals surface area contributed by atoms with Crippen LogP contribution in [0, 0.1) is 6.92 Å². The third-order valence-electron chi connectivity index (χ3n) is 7.46. The molecule has 0 atom stereocenters. The summed E-state index contributed by atoms with van der Waals surface area (Å²) in [6.45, 7) is 4.73. The summed E-state index contributed by atoms with van der Waals surface area (Å²) < 4.78 is 39.2. The summed E-state index contributed by atoms with van der Waals surface area (Å²) in [6.07, 6.45) is 1.57. The molecule has 0 saturated carbocycles. The fourth-order valence-corrected chi connectivity index (χ4v) is 6.51. The summed E-state index contributed by atoms with van der Waals surface area (Å²) in [5.74, 6) is 2.12. The van der Waals surface area contributed by atoms with E-state index in [9.17, 15) is 8.42 Å². The molecule has 3 heterocycles. The van der Waals surface area contributed by atoms with Crippen molar-refractivity contribution < 1.29 is 17.9 Å². The highest BCUT2D eigenvalue weighted by Gasteiger charge is 2.24. The van der Waals surface area contributed by atoms with Gasteiger partial charge in [0.1, 0.15) is 17.8 Å². The molecule has 0 spiro atoms. The number of nitrogens with zero attached hydrogens (tertiary/aromatic N) is 4. The maximum absolute atomic E-state index is 12.8. The summed E-state index contributed by atoms with van der Waals surface area (Å²) in [5, 5.41) is 5.71. The lowest BCUT2D eigenvalue weighted by Crippen LogP contribution is -2.50. The Morgan fingerprint density at radius 3 is 2.23 bits per heavy atom. The predicted molar refractivity (Wildman–Crippen MR) is 173 cm³/mol. The Balaban J connectivity index is 1.12. The summed E-state index contributed by atoms with van der Waals surface area (Å²) >= 11 is 5.70. The lowest BCUT2D eigenvalue weighted by atomic mass is 10.1. The molecule has 11 nitrogen and oxygen atoms in total. The van der Waals surface area contributed by atoms with Gasteiger partial charge in [-0.25, -0.2) is 18.4 Å². The summed E-state index contributed by atoms with van der Waals surface area (Å²) in [7, 11) is -0.480. The Morgan fingerprint density at radius 2 is 1.56 bits per heavy atom. The van der Waals surface area contributed by atoms with Crippen molar-refractivity contribution >= 4 is 66.5 Å². The smallest absolute Gasteiger partial charge is 0.261 e. The monoisotopic (exact) mass is 617 g/mol. The lowest BCUT2D eigenvalue weighted by molar-refractivity contribution is 0.356. The zero-order valence-electron chi connectivity index (χ0n) is 23.9. The molecule has 1 aliphatic heterocycles. The van der Waals surface area contributed by atoms with Gasteiger partial charge in [-0.2, -0.15) is 0 Å². The number of aromatic amines is 1. The molecule has 0 bridgehead atoms. The quantitative estimate of drug-likeness (QED) is 0.220. The van der Waals surface area contributed by atoms with Gasteiger partial charge in [0, 0.05) is 49.0 Å². The molecule has 0 unspecified atom stereocenters. The van der Waals surface area contributed by atoms with Gasteiger partial charge in [0.15, 0.2) is 16.6 Å². The molecule has 222 valence electrons. The van der Waals surface area contributed by atoms with Gasteiger partial charge in [-0.05, 0) is 61.6 Å². The van der Waals surface area contributed by atoms with Gasteiger partial charge >= 0.3 is 0 Å². The van der Waals surface area contributed by atoms with E-state index in [4.69, 9.17) is 21.7 Å². The van der Waals surface area contributed by atoms with Gasteiger partial charge in [0.2, 0.25) is 0 Å². The predicted octanol–water partition coefficient (Wildman–Crippen LogP) is 4.76. The van der Waals surface area contributed by atoms with Crippen LogP contribution in [0.25, 0.3) is 21.9 Å². The number of hydrogen-bond donors (Lipinski definition) is 3. The van der Waals surface area contributed by atoms with Crippen molar-refractivity contribution in [3.63, 3.8) is 0 Å². The van der Waals surface area contributed by atoms with Crippen molar-refractivity contribution in [2.24, 2.45) is 0 Å². The molecule has 5 aromatic rings. The van der Waals surface area contributed by atoms with Crippen LogP contribution in [0.2, 0.25) is 0 Å². The first-order chi connectivity index (χ1) is 20.8. The van der Waals surface area contributed by atoms with Crippen molar-refractivity contribution in [2.75, 3.05) is 55.3 Å². The van der Waals surface area contributed by atoms with Crippen LogP contribution in [-0.2, 0) is 10.0 Å². The molecule has 6 rings (SSSR count). The minimum atomic E-state index is -3.71. The minimum Gasteiger partial charge on any atom is -0.493 e. The van der Waals surface area contributed by atoms with Gasteiger partial charge in [-0.3, -0.25) is 4.72 Å². The number of aryl methyl sites for hydroxylation is 1. The molecule has 13 heteroatoms. The third kappa shape index (κ3) is 5.73. The Labute approximate surface area is 254 Å². The van der Waals surface area contributed by atoms with Crippen LogP contribution in [-0.4, -0.2) is 73.8 Å². The van der Waals surface area contributed by atoms with Gasteiger partial charge in [-0.15, -0.1) is 0 Å². The zero-order chi connectivity index (χ0) is 30.1. The van der Waals surface area contributed by atoms with Crippen molar-refractivity contribution in [3.8, 4) is 11.5 Å². The van der Waals surface area contributed by atoms with Crippen LogP contribution in [0.3, 0.4) is 0 Å².